The van der Waals surface area contributed by atoms with Crippen molar-refractivity contribution < 1.29 is 4.39 Å². The minimum Gasteiger partial charge on any atom is -0.316 e. The summed E-state index contributed by atoms with van der Waals surface area (Å²) >= 11 is 0. The van der Waals surface area contributed by atoms with Gasteiger partial charge in [0.1, 0.15) is 5.82 Å². The molecule has 1 unspecified atom stereocenters. The topological polar surface area (TPSA) is 15.3 Å². The van der Waals surface area contributed by atoms with Crippen LogP contribution < -0.4 is 5.32 Å². The van der Waals surface area contributed by atoms with Crippen LogP contribution in [0.3, 0.4) is 0 Å². The van der Waals surface area contributed by atoms with Crippen LogP contribution in [0.5, 0.6) is 0 Å². The van der Waals surface area contributed by atoms with Gasteiger partial charge in [0.2, 0.25) is 0 Å². The van der Waals surface area contributed by atoms with Gasteiger partial charge in [-0.15, -0.1) is 6.58 Å². The molecule has 20 heavy (non-hydrogen) atoms. The first kappa shape index (κ1) is 15.2. The van der Waals surface area contributed by atoms with Crippen LogP contribution in [0.25, 0.3) is 0 Å². The van der Waals surface area contributed by atoms with Crippen molar-refractivity contribution in [3.63, 3.8) is 0 Å². The highest BCUT2D eigenvalue weighted by Gasteiger charge is 2.26. The molecule has 2 nitrogen and oxygen atoms in total. The SMILES string of the molecule is C=CC1CC[C@@H](NC)CN1Cc1c(F)cccc1CC. The molecule has 0 spiro atoms. The van der Waals surface area contributed by atoms with Crippen molar-refractivity contribution in [2.45, 2.75) is 44.8 Å². The highest BCUT2D eigenvalue weighted by Crippen LogP contribution is 2.23. The summed E-state index contributed by atoms with van der Waals surface area (Å²) in [5, 5.41) is 3.34. The fourth-order valence-corrected chi connectivity index (χ4v) is 3.06. The van der Waals surface area contributed by atoms with Crippen molar-refractivity contribution in [1.29, 1.82) is 0 Å². The molecule has 1 fully saturated rings. The summed E-state index contributed by atoms with van der Waals surface area (Å²) in [4.78, 5) is 2.34. The maximum absolute atomic E-state index is 14.1. The third-order valence-corrected chi connectivity index (χ3v) is 4.37. The molecule has 0 bridgehead atoms. The molecule has 2 rings (SSSR count). The maximum Gasteiger partial charge on any atom is 0.127 e. The molecule has 1 aliphatic rings. The van der Waals surface area contributed by atoms with E-state index in [0.29, 0.717) is 18.6 Å². The average molecular weight is 276 g/mol. The predicted octanol–water partition coefficient (Wildman–Crippen LogP) is 3.13. The lowest BCUT2D eigenvalue weighted by atomic mass is 9.96. The fraction of sp³-hybridized carbons (Fsp3) is 0.529. The molecule has 3 heteroatoms. The van der Waals surface area contributed by atoms with Crippen molar-refractivity contribution >= 4 is 0 Å². The Balaban J connectivity index is 2.20. The molecule has 1 saturated heterocycles. The molecular weight excluding hydrogens is 251 g/mol. The average Bonchev–Trinajstić information content (AvgIpc) is 2.49. The van der Waals surface area contributed by atoms with E-state index >= 15 is 0 Å². The van der Waals surface area contributed by atoms with Gasteiger partial charge in [-0.1, -0.05) is 25.1 Å². The minimum absolute atomic E-state index is 0.0845. The van der Waals surface area contributed by atoms with Gasteiger partial charge in [-0.05, 0) is 37.9 Å². The molecule has 0 aliphatic carbocycles. The van der Waals surface area contributed by atoms with Gasteiger partial charge in [-0.25, -0.2) is 4.39 Å². The molecule has 0 radical (unpaired) electrons. The van der Waals surface area contributed by atoms with Gasteiger partial charge in [0.25, 0.3) is 0 Å². The standard InChI is InChI=1S/C17H25FN2/c1-4-13-7-6-8-17(18)16(13)12-20-11-14(19-3)9-10-15(20)5-2/h5-8,14-15,19H,2,4,9-12H2,1,3H3/t14-,15?/m1/s1. The van der Waals surface area contributed by atoms with Gasteiger partial charge in [-0.2, -0.15) is 0 Å². The largest absolute Gasteiger partial charge is 0.316 e. The van der Waals surface area contributed by atoms with Crippen LogP contribution in [0.1, 0.15) is 30.9 Å². The summed E-state index contributed by atoms with van der Waals surface area (Å²) in [5.74, 6) is -0.0845. The third kappa shape index (κ3) is 3.28. The minimum atomic E-state index is -0.0845. The molecule has 2 atom stereocenters. The number of likely N-dealkylation sites (N-methyl/N-ethyl adjacent to an activating group) is 1. The van der Waals surface area contributed by atoms with Crippen LogP contribution in [0.4, 0.5) is 4.39 Å². The Kier molecular flexibility index (Phi) is 5.32. The van der Waals surface area contributed by atoms with E-state index in [1.54, 1.807) is 12.1 Å². The first-order chi connectivity index (χ1) is 9.69. The highest BCUT2D eigenvalue weighted by atomic mass is 19.1. The van der Waals surface area contributed by atoms with E-state index in [1.165, 1.54) is 0 Å². The second-order valence-electron chi connectivity index (χ2n) is 5.53. The number of benzene rings is 1. The van der Waals surface area contributed by atoms with Crippen molar-refractivity contribution in [3.05, 3.63) is 47.8 Å². The maximum atomic E-state index is 14.1. The van der Waals surface area contributed by atoms with Gasteiger partial charge < -0.3 is 5.32 Å². The third-order valence-electron chi connectivity index (χ3n) is 4.37. The highest BCUT2D eigenvalue weighted by molar-refractivity contribution is 5.29. The zero-order valence-electron chi connectivity index (χ0n) is 12.5. The molecule has 0 saturated carbocycles. The number of piperidine rings is 1. The molecular formula is C17H25FN2. The number of rotatable bonds is 5. The summed E-state index contributed by atoms with van der Waals surface area (Å²) in [6.45, 7) is 7.64. The molecule has 0 aromatic heterocycles. The van der Waals surface area contributed by atoms with Crippen LogP contribution in [0, 0.1) is 5.82 Å². The van der Waals surface area contributed by atoms with Crippen molar-refractivity contribution in [1.82, 2.24) is 10.2 Å². The van der Waals surface area contributed by atoms with Crippen LogP contribution in [-0.4, -0.2) is 30.6 Å². The molecule has 110 valence electrons. The first-order valence-corrected chi connectivity index (χ1v) is 7.49. The quantitative estimate of drug-likeness (QED) is 0.831. The number of likely N-dealkylation sites (tertiary alicyclic amines) is 1. The van der Waals surface area contributed by atoms with Crippen LogP contribution in [0.15, 0.2) is 30.9 Å². The molecule has 1 N–H and O–H groups in total. The molecule has 0 amide bonds. The number of hydrogen-bond acceptors (Lipinski definition) is 2. The van der Waals surface area contributed by atoms with E-state index in [4.69, 9.17) is 0 Å². The molecule has 1 aliphatic heterocycles. The van der Waals surface area contributed by atoms with E-state index in [2.05, 4.69) is 23.7 Å². The number of nitrogens with one attached hydrogen (secondary N) is 1. The summed E-state index contributed by atoms with van der Waals surface area (Å²) in [5.41, 5.74) is 1.96. The smallest absolute Gasteiger partial charge is 0.127 e. The Hall–Kier alpha value is -1.19. The summed E-state index contributed by atoms with van der Waals surface area (Å²) in [6, 6.07) is 6.24. The Morgan fingerprint density at radius 3 is 2.90 bits per heavy atom. The molecule has 1 aromatic rings. The second kappa shape index (κ2) is 7.00. The zero-order valence-corrected chi connectivity index (χ0v) is 12.5. The number of nitrogens with zero attached hydrogens (tertiary/aromatic N) is 1. The number of hydrogen-bond donors (Lipinski definition) is 1. The van der Waals surface area contributed by atoms with E-state index in [1.807, 2.05) is 19.2 Å². The Morgan fingerprint density at radius 1 is 1.45 bits per heavy atom. The Bertz CT molecular complexity index is 458. The van der Waals surface area contributed by atoms with Crippen LogP contribution >= 0.6 is 0 Å². The van der Waals surface area contributed by atoms with Crippen LogP contribution in [0.2, 0.25) is 0 Å². The normalized spacial score (nSPS) is 23.8. The number of aryl methyl sites for hydroxylation is 1. The lowest BCUT2D eigenvalue weighted by molar-refractivity contribution is 0.143. The van der Waals surface area contributed by atoms with E-state index < -0.39 is 0 Å². The summed E-state index contributed by atoms with van der Waals surface area (Å²) in [7, 11) is 2.00. The van der Waals surface area contributed by atoms with Gasteiger partial charge in [0, 0.05) is 30.7 Å². The summed E-state index contributed by atoms with van der Waals surface area (Å²) in [6.07, 6.45) is 5.11. The lowest BCUT2D eigenvalue weighted by Crippen LogP contribution is -2.48. The second-order valence-corrected chi connectivity index (χ2v) is 5.53. The Labute approximate surface area is 121 Å². The summed E-state index contributed by atoms with van der Waals surface area (Å²) < 4.78 is 14.1. The van der Waals surface area contributed by atoms with Crippen molar-refractivity contribution in [2.24, 2.45) is 0 Å². The van der Waals surface area contributed by atoms with E-state index in [9.17, 15) is 4.39 Å². The van der Waals surface area contributed by atoms with Crippen LogP contribution in [-0.2, 0) is 13.0 Å². The molecule has 1 aromatic carbocycles. The molecule has 1 heterocycles. The lowest BCUT2D eigenvalue weighted by Gasteiger charge is -2.38. The predicted molar refractivity (Wildman–Crippen MR) is 82.3 cm³/mol. The van der Waals surface area contributed by atoms with Gasteiger partial charge in [-0.3, -0.25) is 4.90 Å². The first-order valence-electron chi connectivity index (χ1n) is 7.49. The van der Waals surface area contributed by atoms with Crippen molar-refractivity contribution in [3.8, 4) is 0 Å². The number of halogens is 1. The van der Waals surface area contributed by atoms with Crippen molar-refractivity contribution in [2.75, 3.05) is 13.6 Å². The van der Waals surface area contributed by atoms with E-state index in [-0.39, 0.29) is 5.82 Å². The van der Waals surface area contributed by atoms with Gasteiger partial charge in [0.15, 0.2) is 0 Å². The zero-order chi connectivity index (χ0) is 14.5. The van der Waals surface area contributed by atoms with Gasteiger partial charge >= 0.3 is 0 Å². The monoisotopic (exact) mass is 276 g/mol. The van der Waals surface area contributed by atoms with Gasteiger partial charge in [0.05, 0.1) is 0 Å². The fourth-order valence-electron chi connectivity index (χ4n) is 3.06. The Morgan fingerprint density at radius 2 is 2.25 bits per heavy atom. The van der Waals surface area contributed by atoms with E-state index in [0.717, 1.165) is 36.9 Å².